The molecule has 0 saturated carbocycles. The van der Waals surface area contributed by atoms with Gasteiger partial charge in [-0.2, -0.15) is 0 Å². The Bertz CT molecular complexity index is 201. The van der Waals surface area contributed by atoms with Crippen molar-refractivity contribution in [1.29, 1.82) is 0 Å². The van der Waals surface area contributed by atoms with Crippen LogP contribution in [0.2, 0.25) is 0 Å². The predicted molar refractivity (Wildman–Crippen MR) is 68.5 cm³/mol. The fourth-order valence-corrected chi connectivity index (χ4v) is 2.24. The smallest absolute Gasteiger partial charge is 0.0600 e. The molecule has 0 amide bonds. The molecule has 1 heterocycles. The van der Waals surface area contributed by atoms with Crippen LogP contribution in [0.4, 0.5) is 0 Å². The molecule has 0 aliphatic carbocycles. The van der Waals surface area contributed by atoms with E-state index in [-0.39, 0.29) is 5.60 Å². The van der Waals surface area contributed by atoms with Crippen molar-refractivity contribution in [3.05, 3.63) is 0 Å². The van der Waals surface area contributed by atoms with Crippen molar-refractivity contribution >= 4 is 0 Å². The molecule has 2 N–H and O–H groups in total. The summed E-state index contributed by atoms with van der Waals surface area (Å²) in [6.07, 6.45) is 2.56. The molecular formula is C13H28N2O. The summed E-state index contributed by atoms with van der Waals surface area (Å²) in [6.45, 7) is 12.5. The molecule has 96 valence electrons. The van der Waals surface area contributed by atoms with E-state index < -0.39 is 0 Å². The van der Waals surface area contributed by atoms with E-state index in [0.717, 1.165) is 26.2 Å². The first-order chi connectivity index (χ1) is 7.42. The monoisotopic (exact) mass is 228 g/mol. The Balaban J connectivity index is 2.28. The maximum atomic E-state index is 5.78. The molecule has 0 aromatic rings. The summed E-state index contributed by atoms with van der Waals surface area (Å²) in [5.41, 5.74) is 5.73. The summed E-state index contributed by atoms with van der Waals surface area (Å²) in [5, 5.41) is 0. The SMILES string of the molecule is CC1CCC(CN)CN1CCOC(C)(C)C. The van der Waals surface area contributed by atoms with E-state index in [9.17, 15) is 0 Å². The Morgan fingerprint density at radius 2 is 2.00 bits per heavy atom. The van der Waals surface area contributed by atoms with E-state index in [1.54, 1.807) is 0 Å². The third kappa shape index (κ3) is 4.81. The molecule has 0 bridgehead atoms. The van der Waals surface area contributed by atoms with Crippen LogP contribution in [0.5, 0.6) is 0 Å². The van der Waals surface area contributed by atoms with Crippen molar-refractivity contribution in [1.82, 2.24) is 4.90 Å². The largest absolute Gasteiger partial charge is 0.375 e. The van der Waals surface area contributed by atoms with Gasteiger partial charge >= 0.3 is 0 Å². The average molecular weight is 228 g/mol. The number of piperidine rings is 1. The minimum Gasteiger partial charge on any atom is -0.375 e. The van der Waals surface area contributed by atoms with Crippen LogP contribution in [0.3, 0.4) is 0 Å². The topological polar surface area (TPSA) is 38.5 Å². The molecule has 2 unspecified atom stereocenters. The third-order valence-corrected chi connectivity index (χ3v) is 3.36. The molecule has 0 spiro atoms. The van der Waals surface area contributed by atoms with Crippen molar-refractivity contribution < 1.29 is 4.74 Å². The first-order valence-corrected chi connectivity index (χ1v) is 6.50. The van der Waals surface area contributed by atoms with Crippen molar-refractivity contribution in [3.8, 4) is 0 Å². The second kappa shape index (κ2) is 5.99. The van der Waals surface area contributed by atoms with Gasteiger partial charge in [-0.05, 0) is 53.0 Å². The van der Waals surface area contributed by atoms with Crippen LogP contribution in [-0.4, -0.2) is 42.8 Å². The molecule has 1 aliphatic heterocycles. The first-order valence-electron chi connectivity index (χ1n) is 6.50. The Hall–Kier alpha value is -0.120. The predicted octanol–water partition coefficient (Wildman–Crippen LogP) is 1.86. The van der Waals surface area contributed by atoms with Gasteiger partial charge in [0.15, 0.2) is 0 Å². The summed E-state index contributed by atoms with van der Waals surface area (Å²) in [5.74, 6) is 0.686. The second-order valence-corrected chi connectivity index (χ2v) is 5.98. The van der Waals surface area contributed by atoms with Crippen LogP contribution in [0, 0.1) is 5.92 Å². The summed E-state index contributed by atoms with van der Waals surface area (Å²) in [4.78, 5) is 2.52. The molecule has 0 aromatic carbocycles. The maximum absolute atomic E-state index is 5.78. The highest BCUT2D eigenvalue weighted by Gasteiger charge is 2.24. The lowest BCUT2D eigenvalue weighted by molar-refractivity contribution is -0.0231. The van der Waals surface area contributed by atoms with Crippen molar-refractivity contribution in [2.45, 2.75) is 52.2 Å². The van der Waals surface area contributed by atoms with Gasteiger partial charge in [0, 0.05) is 19.1 Å². The van der Waals surface area contributed by atoms with Crippen LogP contribution >= 0.6 is 0 Å². The van der Waals surface area contributed by atoms with Gasteiger partial charge < -0.3 is 10.5 Å². The number of hydrogen-bond donors (Lipinski definition) is 1. The van der Waals surface area contributed by atoms with Gasteiger partial charge in [-0.25, -0.2) is 0 Å². The molecule has 1 fully saturated rings. The van der Waals surface area contributed by atoms with Crippen LogP contribution < -0.4 is 5.73 Å². The number of nitrogens with two attached hydrogens (primary N) is 1. The lowest BCUT2D eigenvalue weighted by Crippen LogP contribution is -2.45. The van der Waals surface area contributed by atoms with Crippen molar-refractivity contribution in [2.24, 2.45) is 11.7 Å². The van der Waals surface area contributed by atoms with Crippen molar-refractivity contribution in [2.75, 3.05) is 26.2 Å². The fraction of sp³-hybridized carbons (Fsp3) is 1.00. The summed E-state index contributed by atoms with van der Waals surface area (Å²) < 4.78 is 5.78. The zero-order valence-corrected chi connectivity index (χ0v) is 11.3. The van der Waals surface area contributed by atoms with Gasteiger partial charge in [-0.15, -0.1) is 0 Å². The fourth-order valence-electron chi connectivity index (χ4n) is 2.24. The maximum Gasteiger partial charge on any atom is 0.0600 e. The number of nitrogens with zero attached hydrogens (tertiary/aromatic N) is 1. The van der Waals surface area contributed by atoms with Gasteiger partial charge in [0.1, 0.15) is 0 Å². The standard InChI is InChI=1S/C13H28N2O/c1-11-5-6-12(9-14)10-15(11)7-8-16-13(2,3)4/h11-12H,5-10,14H2,1-4H3. The molecule has 0 radical (unpaired) electrons. The zero-order chi connectivity index (χ0) is 12.2. The summed E-state index contributed by atoms with van der Waals surface area (Å²) in [7, 11) is 0. The minimum absolute atomic E-state index is 0.0215. The van der Waals surface area contributed by atoms with E-state index in [2.05, 4.69) is 32.6 Å². The molecule has 3 heteroatoms. The average Bonchev–Trinajstić information content (AvgIpc) is 2.19. The molecule has 1 aliphatic rings. The summed E-state index contributed by atoms with van der Waals surface area (Å²) >= 11 is 0. The summed E-state index contributed by atoms with van der Waals surface area (Å²) in [6, 6.07) is 0.686. The molecule has 0 aromatic heterocycles. The highest BCUT2D eigenvalue weighted by atomic mass is 16.5. The number of hydrogen-bond acceptors (Lipinski definition) is 3. The first kappa shape index (κ1) is 13.9. The number of rotatable bonds is 4. The van der Waals surface area contributed by atoms with Gasteiger partial charge in [0.05, 0.1) is 12.2 Å². The lowest BCUT2D eigenvalue weighted by Gasteiger charge is -2.38. The van der Waals surface area contributed by atoms with Crippen molar-refractivity contribution in [3.63, 3.8) is 0 Å². The molecule has 3 nitrogen and oxygen atoms in total. The van der Waals surface area contributed by atoms with Crippen LogP contribution in [0.15, 0.2) is 0 Å². The molecular weight excluding hydrogens is 200 g/mol. The van der Waals surface area contributed by atoms with Crippen LogP contribution in [-0.2, 0) is 4.74 Å². The van der Waals surface area contributed by atoms with Gasteiger partial charge in [0.25, 0.3) is 0 Å². The lowest BCUT2D eigenvalue weighted by atomic mass is 9.94. The minimum atomic E-state index is -0.0215. The molecule has 1 rings (SSSR count). The number of likely N-dealkylation sites (tertiary alicyclic amines) is 1. The zero-order valence-electron chi connectivity index (χ0n) is 11.3. The van der Waals surface area contributed by atoms with Gasteiger partial charge in [-0.1, -0.05) is 0 Å². The number of ether oxygens (including phenoxy) is 1. The van der Waals surface area contributed by atoms with E-state index in [4.69, 9.17) is 10.5 Å². The normalized spacial score (nSPS) is 28.3. The third-order valence-electron chi connectivity index (χ3n) is 3.36. The van der Waals surface area contributed by atoms with Crippen LogP contribution in [0.1, 0.15) is 40.5 Å². The molecule has 2 atom stereocenters. The Morgan fingerprint density at radius 3 is 2.56 bits per heavy atom. The molecule has 16 heavy (non-hydrogen) atoms. The Labute approximate surface area is 100 Å². The van der Waals surface area contributed by atoms with E-state index in [0.29, 0.717) is 12.0 Å². The highest BCUT2D eigenvalue weighted by molar-refractivity contribution is 4.79. The van der Waals surface area contributed by atoms with E-state index >= 15 is 0 Å². The van der Waals surface area contributed by atoms with Gasteiger partial charge in [0.2, 0.25) is 0 Å². The van der Waals surface area contributed by atoms with Crippen LogP contribution in [0.25, 0.3) is 0 Å². The quantitative estimate of drug-likeness (QED) is 0.798. The van der Waals surface area contributed by atoms with E-state index in [1.165, 1.54) is 12.8 Å². The van der Waals surface area contributed by atoms with Gasteiger partial charge in [-0.3, -0.25) is 4.90 Å². The second-order valence-electron chi connectivity index (χ2n) is 5.98. The Kier molecular flexibility index (Phi) is 5.22. The Morgan fingerprint density at radius 1 is 1.31 bits per heavy atom. The molecule has 1 saturated heterocycles. The highest BCUT2D eigenvalue weighted by Crippen LogP contribution is 2.20. The van der Waals surface area contributed by atoms with E-state index in [1.807, 2.05) is 0 Å².